The minimum absolute atomic E-state index is 1.18. The maximum absolute atomic E-state index is 5.14. The molecule has 0 aliphatic rings. The fourth-order valence-corrected chi connectivity index (χ4v) is 7.47. The van der Waals surface area contributed by atoms with Gasteiger partial charge in [-0.1, -0.05) is 233 Å². The van der Waals surface area contributed by atoms with E-state index in [0.29, 0.717) is 0 Å². The van der Waals surface area contributed by atoms with Crippen LogP contribution >= 0.6 is 0 Å². The van der Waals surface area contributed by atoms with Crippen molar-refractivity contribution < 1.29 is 0 Å². The smallest absolute Gasteiger partial charge is 0.0409 e. The van der Waals surface area contributed by atoms with Gasteiger partial charge in [0.2, 0.25) is 0 Å². The maximum atomic E-state index is 5.14. The van der Waals surface area contributed by atoms with Crippen LogP contribution in [0.25, 0.3) is 0 Å². The van der Waals surface area contributed by atoms with Crippen molar-refractivity contribution in [2.75, 3.05) is 0 Å². The molecule has 0 saturated carbocycles. The van der Waals surface area contributed by atoms with Gasteiger partial charge in [0.05, 0.1) is 0 Å². The van der Waals surface area contributed by atoms with E-state index in [2.05, 4.69) is 32.9 Å². The van der Waals surface area contributed by atoms with Crippen LogP contribution in [-0.4, -0.2) is 4.98 Å². The molecule has 0 saturated heterocycles. The summed E-state index contributed by atoms with van der Waals surface area (Å²) in [5.41, 5.74) is 4.28. The number of pyridine rings is 1. The molecule has 1 nitrogen and oxygen atoms in total. The quantitative estimate of drug-likeness (QED) is 0.0647. The second-order valence-electron chi connectivity index (χ2n) is 15.5. The fourth-order valence-electron chi connectivity index (χ4n) is 7.47. The second-order valence-corrected chi connectivity index (χ2v) is 15.5. The molecule has 0 bridgehead atoms. The van der Waals surface area contributed by atoms with Gasteiger partial charge >= 0.3 is 0 Å². The molecule has 0 spiro atoms. The van der Waals surface area contributed by atoms with Crippen molar-refractivity contribution in [3.8, 4) is 0 Å². The predicted octanol–water partition coefficient (Wildman–Crippen LogP) is 16.4. The van der Waals surface area contributed by atoms with Crippen LogP contribution in [-0.2, 0) is 19.3 Å². The van der Waals surface area contributed by atoms with Gasteiger partial charge in [-0.25, -0.2) is 0 Å². The van der Waals surface area contributed by atoms with Gasteiger partial charge in [0.25, 0.3) is 0 Å². The van der Waals surface area contributed by atoms with E-state index in [1.165, 1.54) is 261 Å². The van der Waals surface area contributed by atoms with Gasteiger partial charge < -0.3 is 0 Å². The van der Waals surface area contributed by atoms with E-state index in [0.717, 1.165) is 0 Å². The third-order valence-corrected chi connectivity index (χ3v) is 10.6. The van der Waals surface area contributed by atoms with Gasteiger partial charge in [0.15, 0.2) is 0 Å². The lowest BCUT2D eigenvalue weighted by Crippen LogP contribution is -2.00. The van der Waals surface area contributed by atoms with Crippen molar-refractivity contribution in [2.24, 2.45) is 0 Å². The average Bonchev–Trinajstić information content (AvgIpc) is 3.07. The van der Waals surface area contributed by atoms with E-state index in [1.54, 1.807) is 0 Å². The molecule has 1 heteroatoms. The number of hydrogen-bond acceptors (Lipinski definition) is 1. The lowest BCUT2D eigenvalue weighted by Gasteiger charge is -2.09. The van der Waals surface area contributed by atoms with Crippen molar-refractivity contribution in [3.63, 3.8) is 0 Å². The first kappa shape index (κ1) is 44.2. The van der Waals surface area contributed by atoms with E-state index in [4.69, 9.17) is 4.98 Å². The zero-order valence-corrected chi connectivity index (χ0v) is 33.0. The van der Waals surface area contributed by atoms with Crippen molar-refractivity contribution in [1.82, 2.24) is 4.98 Å². The number of unbranched alkanes of at least 4 members (excludes halogenated alkanes) is 32. The predicted molar refractivity (Wildman–Crippen MR) is 214 cm³/mol. The highest BCUT2D eigenvalue weighted by molar-refractivity contribution is 5.22. The average molecular weight is 654 g/mol. The summed E-state index contributed by atoms with van der Waals surface area (Å²) in [6, 6.07) is 4.85. The lowest BCUT2D eigenvalue weighted by molar-refractivity contribution is 0.526. The molecule has 0 amide bonds. The zero-order valence-electron chi connectivity index (χ0n) is 33.0. The van der Waals surface area contributed by atoms with Crippen LogP contribution in [0.5, 0.6) is 0 Å². The Balaban J connectivity index is 2.00. The van der Waals surface area contributed by atoms with E-state index < -0.39 is 0 Å². The Morgan fingerprint density at radius 3 is 0.745 bits per heavy atom. The van der Waals surface area contributed by atoms with Gasteiger partial charge in [0.1, 0.15) is 0 Å². The van der Waals surface area contributed by atoms with Gasteiger partial charge in [-0.2, -0.15) is 0 Å². The number of aromatic nitrogens is 1. The molecule has 276 valence electrons. The summed E-state index contributed by atoms with van der Waals surface area (Å²) in [6.45, 7) is 6.93. The highest BCUT2D eigenvalue weighted by Gasteiger charge is 2.05. The standard InChI is InChI=1S/C46H87N/c1-4-7-9-11-13-15-17-19-21-23-25-27-29-31-33-35-37-40-45-42-44(39-6-3)43-46(47-45)41-38-36-34-32-30-28-26-24-22-20-18-16-14-12-10-8-5-2/h42-43H,4-41H2,1-3H3. The van der Waals surface area contributed by atoms with Crippen LogP contribution in [0, 0.1) is 0 Å². The molecule has 0 atom stereocenters. The van der Waals surface area contributed by atoms with Crippen LogP contribution in [0.1, 0.15) is 262 Å². The van der Waals surface area contributed by atoms with Crippen LogP contribution in [0.3, 0.4) is 0 Å². The molecule has 1 heterocycles. The Bertz CT molecular complexity index is 682. The number of aryl methyl sites for hydroxylation is 3. The molecular formula is C46H87N. The Morgan fingerprint density at radius 1 is 0.277 bits per heavy atom. The van der Waals surface area contributed by atoms with Gasteiger partial charge in [-0.15, -0.1) is 0 Å². The molecule has 0 radical (unpaired) electrons. The van der Waals surface area contributed by atoms with Gasteiger partial charge in [-0.05, 0) is 49.8 Å². The maximum Gasteiger partial charge on any atom is 0.0409 e. The second kappa shape index (κ2) is 36.4. The third kappa shape index (κ3) is 30.9. The Morgan fingerprint density at radius 2 is 0.511 bits per heavy atom. The van der Waals surface area contributed by atoms with Gasteiger partial charge in [0, 0.05) is 11.4 Å². The van der Waals surface area contributed by atoms with Crippen LogP contribution < -0.4 is 0 Å². The van der Waals surface area contributed by atoms with Crippen molar-refractivity contribution in [2.45, 2.75) is 265 Å². The first-order valence-electron chi connectivity index (χ1n) is 22.3. The van der Waals surface area contributed by atoms with E-state index in [-0.39, 0.29) is 0 Å². The summed E-state index contributed by atoms with van der Waals surface area (Å²) in [4.78, 5) is 5.14. The zero-order chi connectivity index (χ0) is 33.7. The van der Waals surface area contributed by atoms with Crippen molar-refractivity contribution in [3.05, 3.63) is 29.1 Å². The molecular weight excluding hydrogens is 567 g/mol. The molecule has 0 aliphatic heterocycles. The molecule has 0 aliphatic carbocycles. The molecule has 1 aromatic heterocycles. The molecule has 0 N–H and O–H groups in total. The monoisotopic (exact) mass is 654 g/mol. The summed E-state index contributed by atoms with van der Waals surface area (Å²) in [7, 11) is 0. The highest BCUT2D eigenvalue weighted by atomic mass is 14.7. The molecule has 0 unspecified atom stereocenters. The largest absolute Gasteiger partial charge is 0.258 e. The summed E-state index contributed by atoms with van der Waals surface area (Å²) in [5.74, 6) is 0. The first-order valence-corrected chi connectivity index (χ1v) is 22.3. The molecule has 47 heavy (non-hydrogen) atoms. The van der Waals surface area contributed by atoms with Crippen molar-refractivity contribution in [1.29, 1.82) is 0 Å². The fraction of sp³-hybridized carbons (Fsp3) is 0.891. The minimum atomic E-state index is 1.18. The van der Waals surface area contributed by atoms with Crippen molar-refractivity contribution >= 4 is 0 Å². The first-order chi connectivity index (χ1) is 23.3. The number of hydrogen-bond donors (Lipinski definition) is 0. The summed E-state index contributed by atoms with van der Waals surface area (Å²) in [6.07, 6.45) is 53.8. The minimum Gasteiger partial charge on any atom is -0.258 e. The molecule has 1 aromatic rings. The number of rotatable bonds is 38. The Hall–Kier alpha value is -0.850. The van der Waals surface area contributed by atoms with Gasteiger partial charge in [-0.3, -0.25) is 4.98 Å². The normalized spacial score (nSPS) is 11.6. The topological polar surface area (TPSA) is 12.9 Å². The van der Waals surface area contributed by atoms with Crippen LogP contribution in [0.4, 0.5) is 0 Å². The SMILES string of the molecule is CCCCCCCCCCCCCCCCCCCc1cc(CCC)cc(CCCCCCCCCCCCCCCCCCC)n1. The summed E-state index contributed by atoms with van der Waals surface area (Å²) >= 11 is 0. The van der Waals surface area contributed by atoms with E-state index in [9.17, 15) is 0 Å². The molecule has 1 rings (SSSR count). The number of nitrogens with zero attached hydrogens (tertiary/aromatic N) is 1. The lowest BCUT2D eigenvalue weighted by atomic mass is 10.0. The van der Waals surface area contributed by atoms with Crippen LogP contribution in [0.15, 0.2) is 12.1 Å². The third-order valence-electron chi connectivity index (χ3n) is 10.6. The summed E-state index contributed by atoms with van der Waals surface area (Å²) < 4.78 is 0. The highest BCUT2D eigenvalue weighted by Crippen LogP contribution is 2.18. The summed E-state index contributed by atoms with van der Waals surface area (Å²) in [5, 5.41) is 0. The Kier molecular flexibility index (Phi) is 34.2. The van der Waals surface area contributed by atoms with E-state index in [1.807, 2.05) is 0 Å². The van der Waals surface area contributed by atoms with E-state index >= 15 is 0 Å². The molecule has 0 fully saturated rings. The molecule has 0 aromatic carbocycles. The van der Waals surface area contributed by atoms with Crippen LogP contribution in [0.2, 0.25) is 0 Å². The Labute approximate surface area is 298 Å².